The highest BCUT2D eigenvalue weighted by Gasteiger charge is 2.15. The highest BCUT2D eigenvalue weighted by molar-refractivity contribution is 6.39. The summed E-state index contributed by atoms with van der Waals surface area (Å²) in [5.74, 6) is -1.23. The molecule has 2 amide bonds. The molecule has 5 nitrogen and oxygen atoms in total. The van der Waals surface area contributed by atoms with Crippen molar-refractivity contribution < 1.29 is 14.7 Å². The fraction of sp³-hybridized carbons (Fsp3) is 0.429. The summed E-state index contributed by atoms with van der Waals surface area (Å²) in [6, 6.07) is 8.80. The maximum atomic E-state index is 11.6. The predicted octanol–water partition coefficient (Wildman–Crippen LogP) is 1.15. The first-order chi connectivity index (χ1) is 8.99. The number of anilines is 1. The fourth-order valence-electron chi connectivity index (χ4n) is 1.72. The lowest BCUT2D eigenvalue weighted by Crippen LogP contribution is -2.38. The average Bonchev–Trinajstić information content (AvgIpc) is 2.36. The Hall–Kier alpha value is -1.88. The number of para-hydroxylation sites is 1. The second-order valence-electron chi connectivity index (χ2n) is 4.72. The molecule has 0 radical (unpaired) electrons. The Morgan fingerprint density at radius 1 is 1.16 bits per heavy atom. The van der Waals surface area contributed by atoms with Gasteiger partial charge in [0.1, 0.15) is 0 Å². The summed E-state index contributed by atoms with van der Waals surface area (Å²) in [6.07, 6.45) is 0.172. The molecule has 0 aromatic heterocycles. The molecule has 0 spiro atoms. The Balaban J connectivity index is 2.35. The van der Waals surface area contributed by atoms with Gasteiger partial charge in [0.25, 0.3) is 0 Å². The zero-order chi connectivity index (χ0) is 14.3. The van der Waals surface area contributed by atoms with Crippen molar-refractivity contribution in [2.45, 2.75) is 26.4 Å². The van der Waals surface area contributed by atoms with E-state index in [9.17, 15) is 14.7 Å². The lowest BCUT2D eigenvalue weighted by atomic mass is 10.0. The second kappa shape index (κ2) is 7.53. The molecule has 1 aromatic rings. The maximum absolute atomic E-state index is 11.6. The van der Waals surface area contributed by atoms with E-state index in [0.717, 1.165) is 0 Å². The molecule has 0 saturated heterocycles. The minimum Gasteiger partial charge on any atom is -0.393 e. The summed E-state index contributed by atoms with van der Waals surface area (Å²) in [4.78, 5) is 23.1. The fourth-order valence-corrected chi connectivity index (χ4v) is 1.72. The van der Waals surface area contributed by atoms with Crippen LogP contribution in [0.4, 0.5) is 5.69 Å². The monoisotopic (exact) mass is 264 g/mol. The van der Waals surface area contributed by atoms with E-state index in [1.165, 1.54) is 0 Å². The molecule has 2 atom stereocenters. The van der Waals surface area contributed by atoms with Gasteiger partial charge in [0.15, 0.2) is 0 Å². The predicted molar refractivity (Wildman–Crippen MR) is 73.5 cm³/mol. The standard InChI is InChI=1S/C14H20N2O3/c1-10(8-11(2)17)9-15-13(18)14(19)16-12-6-4-3-5-7-12/h3-7,10-11,17H,8-9H2,1-2H3,(H,15,18)(H,16,19). The van der Waals surface area contributed by atoms with Crippen LogP contribution in [-0.4, -0.2) is 29.6 Å². The van der Waals surface area contributed by atoms with Crippen LogP contribution in [0.3, 0.4) is 0 Å². The molecular weight excluding hydrogens is 244 g/mol. The van der Waals surface area contributed by atoms with Crippen molar-refractivity contribution in [2.24, 2.45) is 5.92 Å². The molecule has 19 heavy (non-hydrogen) atoms. The molecule has 1 rings (SSSR count). The summed E-state index contributed by atoms with van der Waals surface area (Å²) in [5.41, 5.74) is 0.583. The van der Waals surface area contributed by atoms with Gasteiger partial charge in [-0.3, -0.25) is 9.59 Å². The Morgan fingerprint density at radius 3 is 2.37 bits per heavy atom. The van der Waals surface area contributed by atoms with Crippen molar-refractivity contribution in [1.82, 2.24) is 5.32 Å². The third-order valence-electron chi connectivity index (χ3n) is 2.59. The van der Waals surface area contributed by atoms with Gasteiger partial charge in [-0.15, -0.1) is 0 Å². The number of benzene rings is 1. The number of aliphatic hydroxyl groups is 1. The highest BCUT2D eigenvalue weighted by atomic mass is 16.3. The topological polar surface area (TPSA) is 78.4 Å². The summed E-state index contributed by atoms with van der Waals surface area (Å²) in [7, 11) is 0. The van der Waals surface area contributed by atoms with E-state index in [1.807, 2.05) is 13.0 Å². The molecule has 0 bridgehead atoms. The zero-order valence-corrected chi connectivity index (χ0v) is 11.2. The summed E-state index contributed by atoms with van der Waals surface area (Å²) < 4.78 is 0. The smallest absolute Gasteiger partial charge is 0.313 e. The van der Waals surface area contributed by atoms with Gasteiger partial charge in [0.2, 0.25) is 0 Å². The van der Waals surface area contributed by atoms with Gasteiger partial charge in [-0.2, -0.15) is 0 Å². The van der Waals surface area contributed by atoms with Crippen LogP contribution in [0.2, 0.25) is 0 Å². The van der Waals surface area contributed by atoms with E-state index in [1.54, 1.807) is 31.2 Å². The lowest BCUT2D eigenvalue weighted by molar-refractivity contribution is -0.136. The second-order valence-corrected chi connectivity index (χ2v) is 4.72. The molecule has 104 valence electrons. The van der Waals surface area contributed by atoms with Crippen molar-refractivity contribution >= 4 is 17.5 Å². The molecule has 0 aliphatic heterocycles. The molecule has 5 heteroatoms. The number of rotatable bonds is 5. The van der Waals surface area contributed by atoms with Gasteiger partial charge >= 0.3 is 11.8 Å². The van der Waals surface area contributed by atoms with Crippen LogP contribution in [0, 0.1) is 5.92 Å². The van der Waals surface area contributed by atoms with Crippen molar-refractivity contribution in [3.63, 3.8) is 0 Å². The van der Waals surface area contributed by atoms with Gasteiger partial charge in [-0.05, 0) is 31.4 Å². The molecule has 0 aliphatic carbocycles. The van der Waals surface area contributed by atoms with E-state index >= 15 is 0 Å². The van der Waals surface area contributed by atoms with Gasteiger partial charge in [-0.1, -0.05) is 25.1 Å². The lowest BCUT2D eigenvalue weighted by Gasteiger charge is -2.14. The molecule has 1 aromatic carbocycles. The SMILES string of the molecule is CC(O)CC(C)CNC(=O)C(=O)Nc1ccccc1. The summed E-state index contributed by atoms with van der Waals surface area (Å²) >= 11 is 0. The third kappa shape index (κ3) is 6.01. The van der Waals surface area contributed by atoms with Gasteiger partial charge < -0.3 is 15.7 Å². The Kier molecular flexibility index (Phi) is 6.02. The number of carbonyl (C=O) groups is 2. The largest absolute Gasteiger partial charge is 0.393 e. The molecule has 0 aliphatic rings. The van der Waals surface area contributed by atoms with E-state index < -0.39 is 17.9 Å². The van der Waals surface area contributed by atoms with E-state index in [-0.39, 0.29) is 5.92 Å². The summed E-state index contributed by atoms with van der Waals surface area (Å²) in [6.45, 7) is 3.97. The molecule has 0 saturated carbocycles. The number of hydrogen-bond acceptors (Lipinski definition) is 3. The van der Waals surface area contributed by atoms with E-state index in [2.05, 4.69) is 10.6 Å². The highest BCUT2D eigenvalue weighted by Crippen LogP contribution is 2.05. The van der Waals surface area contributed by atoms with Crippen LogP contribution in [0.15, 0.2) is 30.3 Å². The quantitative estimate of drug-likeness (QED) is 0.698. The van der Waals surface area contributed by atoms with Crippen LogP contribution in [-0.2, 0) is 9.59 Å². The van der Waals surface area contributed by atoms with Crippen molar-refractivity contribution in [3.05, 3.63) is 30.3 Å². The number of nitrogens with one attached hydrogen (secondary N) is 2. The van der Waals surface area contributed by atoms with E-state index in [4.69, 9.17) is 0 Å². The van der Waals surface area contributed by atoms with E-state index in [0.29, 0.717) is 18.7 Å². The van der Waals surface area contributed by atoms with Gasteiger partial charge in [0.05, 0.1) is 6.10 Å². The minimum absolute atomic E-state index is 0.119. The first kappa shape index (κ1) is 15.2. The third-order valence-corrected chi connectivity index (χ3v) is 2.59. The molecular formula is C14H20N2O3. The van der Waals surface area contributed by atoms with Gasteiger partial charge in [-0.25, -0.2) is 0 Å². The van der Waals surface area contributed by atoms with Crippen LogP contribution in [0.1, 0.15) is 20.3 Å². The maximum Gasteiger partial charge on any atom is 0.313 e. The molecule has 2 unspecified atom stereocenters. The molecule has 0 heterocycles. The average molecular weight is 264 g/mol. The molecule has 3 N–H and O–H groups in total. The molecule has 0 fully saturated rings. The summed E-state index contributed by atoms with van der Waals surface area (Å²) in [5, 5.41) is 14.3. The van der Waals surface area contributed by atoms with Gasteiger partial charge in [0, 0.05) is 12.2 Å². The van der Waals surface area contributed by atoms with Crippen LogP contribution >= 0.6 is 0 Å². The first-order valence-electron chi connectivity index (χ1n) is 6.31. The van der Waals surface area contributed by atoms with Crippen molar-refractivity contribution in [3.8, 4) is 0 Å². The van der Waals surface area contributed by atoms with Crippen LogP contribution in [0.25, 0.3) is 0 Å². The Labute approximate surface area is 113 Å². The van der Waals surface area contributed by atoms with Crippen molar-refractivity contribution in [1.29, 1.82) is 0 Å². The number of carbonyl (C=O) groups excluding carboxylic acids is 2. The Bertz CT molecular complexity index is 418. The van der Waals surface area contributed by atoms with Crippen molar-refractivity contribution in [2.75, 3.05) is 11.9 Å². The minimum atomic E-state index is -0.685. The van der Waals surface area contributed by atoms with Crippen LogP contribution in [0.5, 0.6) is 0 Å². The Morgan fingerprint density at radius 2 is 1.79 bits per heavy atom. The normalized spacial score (nSPS) is 13.4. The zero-order valence-electron chi connectivity index (χ0n) is 11.2. The number of aliphatic hydroxyl groups excluding tert-OH is 1. The first-order valence-corrected chi connectivity index (χ1v) is 6.31. The number of hydrogen-bond donors (Lipinski definition) is 3. The number of amides is 2. The van der Waals surface area contributed by atoms with Crippen LogP contribution < -0.4 is 10.6 Å².